The van der Waals surface area contributed by atoms with E-state index in [0.29, 0.717) is 18.1 Å². The summed E-state index contributed by atoms with van der Waals surface area (Å²) in [5.74, 6) is -0.500. The zero-order valence-electron chi connectivity index (χ0n) is 16.4. The van der Waals surface area contributed by atoms with Crippen molar-refractivity contribution in [1.82, 2.24) is 24.4 Å². The van der Waals surface area contributed by atoms with Crippen molar-refractivity contribution in [2.24, 2.45) is 0 Å². The van der Waals surface area contributed by atoms with Crippen LogP contribution >= 0.6 is 0 Å². The Balaban J connectivity index is 1.39. The first-order valence-corrected chi connectivity index (χ1v) is 9.68. The Morgan fingerprint density at radius 2 is 1.81 bits per heavy atom. The highest BCUT2D eigenvalue weighted by molar-refractivity contribution is 5.89. The normalized spacial score (nSPS) is 11.0. The minimum atomic E-state index is -0.952. The summed E-state index contributed by atoms with van der Waals surface area (Å²) in [5, 5.41) is 21.2. The highest BCUT2D eigenvalue weighted by Crippen LogP contribution is 2.25. The SMILES string of the molecule is O=C(O)c1ccc(-c2cccn3nc(Nc4cnn(Cc5ccccc5)c4)nc23)cc1. The predicted octanol–water partition coefficient (Wildman–Crippen LogP) is 4.08. The summed E-state index contributed by atoms with van der Waals surface area (Å²) in [4.78, 5) is 15.7. The molecule has 0 atom stereocenters. The fourth-order valence-corrected chi connectivity index (χ4v) is 3.39. The Morgan fingerprint density at radius 3 is 2.58 bits per heavy atom. The van der Waals surface area contributed by atoms with Gasteiger partial charge in [-0.3, -0.25) is 4.68 Å². The lowest BCUT2D eigenvalue weighted by atomic mass is 10.1. The highest BCUT2D eigenvalue weighted by Gasteiger charge is 2.11. The zero-order valence-corrected chi connectivity index (χ0v) is 16.4. The molecule has 0 amide bonds. The summed E-state index contributed by atoms with van der Waals surface area (Å²) in [6, 6.07) is 20.6. The lowest BCUT2D eigenvalue weighted by Crippen LogP contribution is -1.99. The maximum absolute atomic E-state index is 11.1. The van der Waals surface area contributed by atoms with Crippen molar-refractivity contribution in [3.05, 3.63) is 96.4 Å². The second-order valence-electron chi connectivity index (χ2n) is 7.05. The molecule has 5 aromatic rings. The minimum absolute atomic E-state index is 0.243. The highest BCUT2D eigenvalue weighted by atomic mass is 16.4. The first kappa shape index (κ1) is 18.6. The average Bonchev–Trinajstić information content (AvgIpc) is 3.40. The van der Waals surface area contributed by atoms with Gasteiger partial charge in [0.1, 0.15) is 0 Å². The molecule has 31 heavy (non-hydrogen) atoms. The van der Waals surface area contributed by atoms with Crippen LogP contribution in [0.4, 0.5) is 11.6 Å². The van der Waals surface area contributed by atoms with E-state index in [1.54, 1.807) is 35.0 Å². The van der Waals surface area contributed by atoms with Crippen LogP contribution in [-0.4, -0.2) is 35.5 Å². The van der Waals surface area contributed by atoms with Gasteiger partial charge in [0, 0.05) is 18.0 Å². The van der Waals surface area contributed by atoms with E-state index in [9.17, 15) is 4.79 Å². The van der Waals surface area contributed by atoms with Crippen LogP contribution in [0.25, 0.3) is 16.8 Å². The van der Waals surface area contributed by atoms with E-state index in [1.807, 2.05) is 47.4 Å². The molecule has 0 radical (unpaired) electrons. The number of aromatic nitrogens is 5. The number of rotatable bonds is 6. The molecular weight excluding hydrogens is 392 g/mol. The van der Waals surface area contributed by atoms with E-state index in [2.05, 4.69) is 32.6 Å². The molecule has 0 spiro atoms. The van der Waals surface area contributed by atoms with Crippen LogP contribution in [0, 0.1) is 0 Å². The van der Waals surface area contributed by atoms with E-state index in [0.717, 1.165) is 16.8 Å². The number of hydrogen-bond acceptors (Lipinski definition) is 5. The van der Waals surface area contributed by atoms with Crippen LogP contribution in [0.1, 0.15) is 15.9 Å². The number of nitrogens with one attached hydrogen (secondary N) is 1. The number of aromatic carboxylic acids is 1. The third kappa shape index (κ3) is 3.86. The molecule has 8 heteroatoms. The van der Waals surface area contributed by atoms with E-state index >= 15 is 0 Å². The van der Waals surface area contributed by atoms with Crippen molar-refractivity contribution < 1.29 is 9.90 Å². The molecule has 0 aliphatic rings. The lowest BCUT2D eigenvalue weighted by molar-refractivity contribution is 0.0697. The van der Waals surface area contributed by atoms with Gasteiger partial charge in [-0.25, -0.2) is 9.31 Å². The van der Waals surface area contributed by atoms with Crippen LogP contribution in [0.2, 0.25) is 0 Å². The molecule has 0 unspecified atom stereocenters. The van der Waals surface area contributed by atoms with E-state index in [-0.39, 0.29) is 5.56 Å². The number of anilines is 2. The fourth-order valence-electron chi connectivity index (χ4n) is 3.39. The van der Waals surface area contributed by atoms with Crippen LogP contribution in [-0.2, 0) is 6.54 Å². The predicted molar refractivity (Wildman–Crippen MR) is 116 cm³/mol. The van der Waals surface area contributed by atoms with Gasteiger partial charge in [0.15, 0.2) is 5.65 Å². The molecular formula is C23H18N6O2. The molecule has 152 valence electrons. The molecule has 8 nitrogen and oxygen atoms in total. The van der Waals surface area contributed by atoms with Gasteiger partial charge in [-0.2, -0.15) is 10.1 Å². The Labute approximate surface area is 177 Å². The maximum atomic E-state index is 11.1. The summed E-state index contributed by atoms with van der Waals surface area (Å²) in [5.41, 5.74) is 4.60. The first-order chi connectivity index (χ1) is 15.2. The fraction of sp³-hybridized carbons (Fsp3) is 0.0435. The van der Waals surface area contributed by atoms with Gasteiger partial charge in [0.25, 0.3) is 0 Å². The number of carbonyl (C=O) groups is 1. The Bertz CT molecular complexity index is 1360. The molecule has 5 rings (SSSR count). The number of hydrogen-bond donors (Lipinski definition) is 2. The average molecular weight is 410 g/mol. The summed E-state index contributed by atoms with van der Waals surface area (Å²) in [7, 11) is 0. The molecule has 0 saturated heterocycles. The Hall–Kier alpha value is -4.46. The molecule has 0 bridgehead atoms. The maximum Gasteiger partial charge on any atom is 0.335 e. The summed E-state index contributed by atoms with van der Waals surface area (Å²) >= 11 is 0. The molecule has 3 heterocycles. The molecule has 0 aliphatic heterocycles. The third-order valence-electron chi connectivity index (χ3n) is 4.88. The van der Waals surface area contributed by atoms with Gasteiger partial charge in [0.2, 0.25) is 5.95 Å². The van der Waals surface area contributed by atoms with Crippen LogP contribution in [0.3, 0.4) is 0 Å². The topological polar surface area (TPSA) is 97.3 Å². The Morgan fingerprint density at radius 1 is 1.00 bits per heavy atom. The van der Waals surface area contributed by atoms with Crippen molar-refractivity contribution >= 4 is 23.3 Å². The number of nitrogens with zero attached hydrogens (tertiary/aromatic N) is 5. The standard InChI is InChI=1S/C23H18N6O2/c30-22(31)18-10-8-17(9-11-18)20-7-4-12-29-21(20)26-23(27-29)25-19-13-24-28(15-19)14-16-5-2-1-3-6-16/h1-13,15H,14H2,(H,25,27)(H,30,31). The monoisotopic (exact) mass is 410 g/mol. The lowest BCUT2D eigenvalue weighted by Gasteiger charge is -2.03. The van der Waals surface area contributed by atoms with Crippen molar-refractivity contribution in [1.29, 1.82) is 0 Å². The number of carboxylic acid groups (broad SMARTS) is 1. The van der Waals surface area contributed by atoms with Gasteiger partial charge >= 0.3 is 5.97 Å². The number of pyridine rings is 1. The van der Waals surface area contributed by atoms with Gasteiger partial charge in [-0.1, -0.05) is 42.5 Å². The molecule has 0 aliphatic carbocycles. The summed E-state index contributed by atoms with van der Waals surface area (Å²) in [6.07, 6.45) is 5.46. The molecule has 0 fully saturated rings. The van der Waals surface area contributed by atoms with Gasteiger partial charge in [-0.15, -0.1) is 5.10 Å². The van der Waals surface area contributed by atoms with Crippen molar-refractivity contribution in [3.63, 3.8) is 0 Å². The smallest absolute Gasteiger partial charge is 0.335 e. The van der Waals surface area contributed by atoms with E-state index in [1.165, 1.54) is 5.56 Å². The quantitative estimate of drug-likeness (QED) is 0.438. The second kappa shape index (κ2) is 7.75. The van der Waals surface area contributed by atoms with Crippen LogP contribution in [0.15, 0.2) is 85.3 Å². The van der Waals surface area contributed by atoms with Crippen molar-refractivity contribution in [2.75, 3.05) is 5.32 Å². The molecule has 3 aromatic heterocycles. The van der Waals surface area contributed by atoms with Crippen molar-refractivity contribution in [2.45, 2.75) is 6.54 Å². The number of fused-ring (bicyclic) bond motifs is 1. The second-order valence-corrected chi connectivity index (χ2v) is 7.05. The number of benzene rings is 2. The first-order valence-electron chi connectivity index (χ1n) is 9.68. The number of carboxylic acids is 1. The zero-order chi connectivity index (χ0) is 21.2. The van der Waals surface area contributed by atoms with Gasteiger partial charge in [0.05, 0.1) is 24.0 Å². The third-order valence-corrected chi connectivity index (χ3v) is 4.88. The van der Waals surface area contributed by atoms with E-state index < -0.39 is 5.97 Å². The molecule has 2 aromatic carbocycles. The van der Waals surface area contributed by atoms with Crippen LogP contribution in [0.5, 0.6) is 0 Å². The van der Waals surface area contributed by atoms with Gasteiger partial charge in [-0.05, 0) is 35.4 Å². The van der Waals surface area contributed by atoms with Crippen molar-refractivity contribution in [3.8, 4) is 11.1 Å². The minimum Gasteiger partial charge on any atom is -0.478 e. The summed E-state index contributed by atoms with van der Waals surface area (Å²) in [6.45, 7) is 0.678. The molecule has 0 saturated carbocycles. The summed E-state index contributed by atoms with van der Waals surface area (Å²) < 4.78 is 3.54. The van der Waals surface area contributed by atoms with Gasteiger partial charge < -0.3 is 10.4 Å². The largest absolute Gasteiger partial charge is 0.478 e. The van der Waals surface area contributed by atoms with Crippen LogP contribution < -0.4 is 5.32 Å². The Kier molecular flexibility index (Phi) is 4.64. The van der Waals surface area contributed by atoms with E-state index in [4.69, 9.17) is 5.11 Å². The molecule has 2 N–H and O–H groups in total.